The number of nitrogen functional groups attached to an aromatic ring is 1. The molecule has 0 atom stereocenters. The van der Waals surface area contributed by atoms with Crippen molar-refractivity contribution in [3.05, 3.63) is 60.2 Å². The van der Waals surface area contributed by atoms with Gasteiger partial charge < -0.3 is 21.1 Å². The van der Waals surface area contributed by atoms with Crippen molar-refractivity contribution < 1.29 is 18.7 Å². The minimum atomic E-state index is -0.646. The van der Waals surface area contributed by atoms with Gasteiger partial charge in [0.2, 0.25) is 0 Å². The van der Waals surface area contributed by atoms with Crippen LogP contribution < -0.4 is 16.4 Å². The molecule has 0 spiro atoms. The highest BCUT2D eigenvalue weighted by Crippen LogP contribution is 2.32. The molecule has 0 bridgehead atoms. The monoisotopic (exact) mass is 491 g/mol. The smallest absolute Gasteiger partial charge is 0.323 e. The third-order valence-electron chi connectivity index (χ3n) is 5.38. The number of carbonyl (C=O) groups excluding carboxylic acids is 2. The summed E-state index contributed by atoms with van der Waals surface area (Å²) in [7, 11) is 0. The molecular weight excluding hydrogens is 465 g/mol. The molecule has 0 saturated heterocycles. The summed E-state index contributed by atoms with van der Waals surface area (Å²) >= 11 is 0. The van der Waals surface area contributed by atoms with Crippen LogP contribution in [-0.2, 0) is 16.1 Å². The molecule has 0 unspecified atom stereocenters. The Morgan fingerprint density at radius 2 is 1.97 bits per heavy atom. The number of benzene rings is 2. The Morgan fingerprint density at radius 1 is 1.14 bits per heavy atom. The van der Waals surface area contributed by atoms with E-state index in [4.69, 9.17) is 10.5 Å². The molecule has 0 fully saturated rings. The Labute approximate surface area is 206 Å². The molecule has 0 aliphatic rings. The Morgan fingerprint density at radius 3 is 2.72 bits per heavy atom. The topological polar surface area (TPSA) is 137 Å². The van der Waals surface area contributed by atoms with Gasteiger partial charge in [0, 0.05) is 24.2 Å². The normalized spacial score (nSPS) is 10.9. The summed E-state index contributed by atoms with van der Waals surface area (Å²) in [6, 6.07) is 11.0. The fourth-order valence-electron chi connectivity index (χ4n) is 3.77. The van der Waals surface area contributed by atoms with Gasteiger partial charge in [-0.1, -0.05) is 18.2 Å². The van der Waals surface area contributed by atoms with E-state index in [1.165, 1.54) is 18.5 Å². The van der Waals surface area contributed by atoms with Crippen molar-refractivity contribution in [1.82, 2.24) is 19.7 Å². The molecule has 11 heteroatoms. The maximum Gasteiger partial charge on any atom is 0.323 e. The van der Waals surface area contributed by atoms with Gasteiger partial charge in [0.1, 0.15) is 23.7 Å². The van der Waals surface area contributed by atoms with Crippen molar-refractivity contribution in [1.29, 1.82) is 0 Å². The molecule has 2 aromatic carbocycles. The summed E-state index contributed by atoms with van der Waals surface area (Å²) in [4.78, 5) is 32.3. The second-order valence-electron chi connectivity index (χ2n) is 8.08. The molecule has 0 radical (unpaired) electrons. The largest absolute Gasteiger partial charge is 0.466 e. The van der Waals surface area contributed by atoms with Crippen molar-refractivity contribution >= 4 is 40.2 Å². The van der Waals surface area contributed by atoms with Gasteiger partial charge in [0.05, 0.1) is 17.7 Å². The third kappa shape index (κ3) is 5.57. The van der Waals surface area contributed by atoms with Gasteiger partial charge in [0.15, 0.2) is 5.65 Å². The van der Waals surface area contributed by atoms with E-state index in [0.717, 1.165) is 5.56 Å². The highest BCUT2D eigenvalue weighted by Gasteiger charge is 2.19. The number of hydrogen-bond donors (Lipinski definition) is 3. The highest BCUT2D eigenvalue weighted by molar-refractivity contribution is 6.01. The second-order valence-corrected chi connectivity index (χ2v) is 8.08. The number of hydrogen-bond acceptors (Lipinski definition) is 7. The number of esters is 1. The molecule has 4 aromatic rings. The predicted octanol–water partition coefficient (Wildman–Crippen LogP) is 4.51. The molecule has 2 aromatic heterocycles. The number of anilines is 3. The van der Waals surface area contributed by atoms with Crippen LogP contribution in [0.3, 0.4) is 0 Å². The average molecular weight is 492 g/mol. The number of halogens is 1. The highest BCUT2D eigenvalue weighted by atomic mass is 19.1. The lowest BCUT2D eigenvalue weighted by Gasteiger charge is -2.10. The summed E-state index contributed by atoms with van der Waals surface area (Å²) in [5.41, 5.74) is 9.00. The number of rotatable bonds is 8. The SMILES string of the molecule is CCOC(=O)CCCn1nc(-c2ccc(NC(=O)Nc3cccc(C)c3)c(F)c2)c2c(N)ncnc21. The molecule has 10 nitrogen and oxygen atoms in total. The van der Waals surface area contributed by atoms with Crippen molar-refractivity contribution in [3.63, 3.8) is 0 Å². The lowest BCUT2D eigenvalue weighted by Crippen LogP contribution is -2.20. The van der Waals surface area contributed by atoms with E-state index in [9.17, 15) is 14.0 Å². The fraction of sp³-hybridized carbons (Fsp3) is 0.240. The predicted molar refractivity (Wildman–Crippen MR) is 135 cm³/mol. The molecular formula is C25H26FN7O3. The first-order valence-electron chi connectivity index (χ1n) is 11.4. The number of ether oxygens (including phenoxy) is 1. The standard InChI is InChI=1S/C25H26FN7O3/c1-3-36-20(34)8-5-11-33-24-21(23(27)28-14-29-24)22(32-33)16-9-10-19(18(26)13-16)31-25(35)30-17-7-4-6-15(2)12-17/h4,6-7,9-10,12-14H,3,5,8,11H2,1-2H3,(H2,27,28,29)(H2,30,31,35). The number of fused-ring (bicyclic) bond motifs is 1. The summed E-state index contributed by atoms with van der Waals surface area (Å²) in [6.07, 6.45) is 2.03. The molecule has 2 heterocycles. The third-order valence-corrected chi connectivity index (χ3v) is 5.38. The lowest BCUT2D eigenvalue weighted by molar-refractivity contribution is -0.143. The maximum atomic E-state index is 15.0. The van der Waals surface area contributed by atoms with Gasteiger partial charge in [0.25, 0.3) is 0 Å². The molecule has 36 heavy (non-hydrogen) atoms. The van der Waals surface area contributed by atoms with Gasteiger partial charge >= 0.3 is 12.0 Å². The van der Waals surface area contributed by atoms with E-state index in [1.54, 1.807) is 29.8 Å². The first-order chi connectivity index (χ1) is 17.4. The second kappa shape index (κ2) is 10.8. The van der Waals surface area contributed by atoms with E-state index >= 15 is 0 Å². The van der Waals surface area contributed by atoms with Crippen molar-refractivity contribution in [2.45, 2.75) is 33.2 Å². The molecule has 0 saturated carbocycles. The van der Waals surface area contributed by atoms with Crippen LogP contribution in [0.4, 0.5) is 26.4 Å². The number of aromatic nitrogens is 4. The van der Waals surface area contributed by atoms with Gasteiger partial charge in [-0.25, -0.2) is 23.8 Å². The number of urea groups is 1. The first-order valence-corrected chi connectivity index (χ1v) is 11.4. The van der Waals surface area contributed by atoms with Gasteiger partial charge in [-0.15, -0.1) is 0 Å². The van der Waals surface area contributed by atoms with Crippen LogP contribution in [-0.4, -0.2) is 38.4 Å². The zero-order chi connectivity index (χ0) is 25.7. The van der Waals surface area contributed by atoms with Crippen LogP contribution in [0, 0.1) is 12.7 Å². The van der Waals surface area contributed by atoms with E-state index in [2.05, 4.69) is 25.7 Å². The van der Waals surface area contributed by atoms with Crippen molar-refractivity contribution in [2.24, 2.45) is 0 Å². The molecule has 186 valence electrons. The number of nitrogens with two attached hydrogens (primary N) is 1. The minimum Gasteiger partial charge on any atom is -0.466 e. The molecule has 2 amide bonds. The molecule has 4 N–H and O–H groups in total. The van der Waals surface area contributed by atoms with Gasteiger partial charge in [-0.2, -0.15) is 5.10 Å². The van der Waals surface area contributed by atoms with E-state index < -0.39 is 11.8 Å². The first kappa shape index (κ1) is 24.6. The molecule has 0 aliphatic heterocycles. The number of amides is 2. The average Bonchev–Trinajstić information content (AvgIpc) is 3.20. The van der Waals surface area contributed by atoms with Crippen LogP contribution in [0.5, 0.6) is 0 Å². The van der Waals surface area contributed by atoms with Gasteiger partial charge in [-0.05, 0) is 50.1 Å². The van der Waals surface area contributed by atoms with Crippen LogP contribution >= 0.6 is 0 Å². The number of aryl methyl sites for hydroxylation is 2. The quantitative estimate of drug-likeness (QED) is 0.308. The Balaban J connectivity index is 1.55. The molecule has 0 aliphatic carbocycles. The van der Waals surface area contributed by atoms with E-state index in [1.807, 2.05) is 19.1 Å². The van der Waals surface area contributed by atoms with Gasteiger partial charge in [-0.3, -0.25) is 4.79 Å². The number of carbonyl (C=O) groups is 2. The van der Waals surface area contributed by atoms with Crippen LogP contribution in [0.25, 0.3) is 22.3 Å². The van der Waals surface area contributed by atoms with E-state index in [-0.39, 0.29) is 23.9 Å². The Kier molecular flexibility index (Phi) is 7.38. The summed E-state index contributed by atoms with van der Waals surface area (Å²) in [5.74, 6) is -0.737. The zero-order valence-corrected chi connectivity index (χ0v) is 19.9. The minimum absolute atomic E-state index is 0.00583. The van der Waals surface area contributed by atoms with Crippen molar-refractivity contribution in [2.75, 3.05) is 23.0 Å². The number of nitrogens with one attached hydrogen (secondary N) is 2. The lowest BCUT2D eigenvalue weighted by atomic mass is 10.1. The Hall–Kier alpha value is -4.54. The number of nitrogens with zero attached hydrogens (tertiary/aromatic N) is 4. The maximum absolute atomic E-state index is 15.0. The Bertz CT molecular complexity index is 1420. The van der Waals surface area contributed by atoms with Crippen LogP contribution in [0.1, 0.15) is 25.3 Å². The van der Waals surface area contributed by atoms with E-state index in [0.29, 0.717) is 47.6 Å². The summed E-state index contributed by atoms with van der Waals surface area (Å²) < 4.78 is 21.6. The fourth-order valence-corrected chi connectivity index (χ4v) is 3.77. The summed E-state index contributed by atoms with van der Waals surface area (Å²) in [5, 5.41) is 10.2. The van der Waals surface area contributed by atoms with Crippen molar-refractivity contribution in [3.8, 4) is 11.3 Å². The summed E-state index contributed by atoms with van der Waals surface area (Å²) in [6.45, 7) is 4.36. The van der Waals surface area contributed by atoms with Crippen LogP contribution in [0.2, 0.25) is 0 Å². The molecule has 4 rings (SSSR count). The zero-order valence-electron chi connectivity index (χ0n) is 19.9. The van der Waals surface area contributed by atoms with Crippen LogP contribution in [0.15, 0.2) is 48.8 Å².